The Kier molecular flexibility index (Phi) is 7.50. The SMILES string of the molecule is CC(C)(C)OC(=O)N(NC=O)c1cc(C2=NOC(c3cc(Cl)cc(Cl)c3)(C(F)(F)F)C2)ccc1Cl. The van der Waals surface area contributed by atoms with Gasteiger partial charge in [0.2, 0.25) is 6.41 Å². The van der Waals surface area contributed by atoms with Gasteiger partial charge in [0.15, 0.2) is 0 Å². The summed E-state index contributed by atoms with van der Waals surface area (Å²) in [5, 5.41) is 4.42. The van der Waals surface area contributed by atoms with Crippen LogP contribution in [0.5, 0.6) is 0 Å². The van der Waals surface area contributed by atoms with Crippen LogP contribution in [-0.4, -0.2) is 30.0 Å². The standard InChI is InChI=1S/C22H19Cl3F3N3O4/c1-20(2,3)34-19(33)31(29-11-32)18-6-12(4-5-16(18)25)17-10-21(35-30-17,22(26,27)28)13-7-14(23)9-15(24)8-13/h4-9,11H,10H2,1-3H3,(H,29,32). The summed E-state index contributed by atoms with van der Waals surface area (Å²) < 4.78 is 48.1. The molecule has 0 fully saturated rings. The number of ether oxygens (including phenoxy) is 1. The number of hydrogen-bond acceptors (Lipinski definition) is 5. The fourth-order valence-electron chi connectivity index (χ4n) is 3.29. The third-order valence-corrected chi connectivity index (χ3v) is 5.55. The summed E-state index contributed by atoms with van der Waals surface area (Å²) in [4.78, 5) is 28.7. The van der Waals surface area contributed by atoms with Crippen LogP contribution in [0, 0.1) is 0 Å². The second kappa shape index (κ2) is 9.75. The molecule has 0 spiro atoms. The maximum atomic E-state index is 14.3. The summed E-state index contributed by atoms with van der Waals surface area (Å²) in [5.74, 6) is 0. The molecular weight excluding hydrogens is 534 g/mol. The highest BCUT2D eigenvalue weighted by atomic mass is 35.5. The molecule has 0 bridgehead atoms. The Morgan fingerprint density at radius 2 is 1.77 bits per heavy atom. The summed E-state index contributed by atoms with van der Waals surface area (Å²) in [7, 11) is 0. The molecule has 0 aliphatic carbocycles. The van der Waals surface area contributed by atoms with E-state index in [1.807, 2.05) is 0 Å². The van der Waals surface area contributed by atoms with Crippen LogP contribution in [0.15, 0.2) is 41.6 Å². The number of nitrogens with one attached hydrogen (secondary N) is 1. The van der Waals surface area contributed by atoms with Crippen molar-refractivity contribution in [3.05, 3.63) is 62.6 Å². The average Bonchev–Trinajstić information content (AvgIpc) is 3.17. The first kappa shape index (κ1) is 26.9. The zero-order valence-corrected chi connectivity index (χ0v) is 20.8. The first-order chi connectivity index (χ1) is 16.2. The monoisotopic (exact) mass is 551 g/mol. The van der Waals surface area contributed by atoms with Crippen LogP contribution in [0.2, 0.25) is 15.1 Å². The van der Waals surface area contributed by atoms with Gasteiger partial charge in [-0.1, -0.05) is 46.0 Å². The summed E-state index contributed by atoms with van der Waals surface area (Å²) in [5.41, 5.74) is -1.89. The quantitative estimate of drug-likeness (QED) is 0.333. The Hall–Kier alpha value is -2.69. The molecule has 1 unspecified atom stereocenters. The molecule has 1 heterocycles. The zero-order chi connectivity index (χ0) is 26.2. The van der Waals surface area contributed by atoms with E-state index in [9.17, 15) is 22.8 Å². The van der Waals surface area contributed by atoms with E-state index in [0.29, 0.717) is 0 Å². The van der Waals surface area contributed by atoms with Gasteiger partial charge in [-0.3, -0.25) is 10.2 Å². The first-order valence-electron chi connectivity index (χ1n) is 9.98. The lowest BCUT2D eigenvalue weighted by molar-refractivity contribution is -0.275. The lowest BCUT2D eigenvalue weighted by atomic mass is 9.86. The molecule has 2 amide bonds. The number of hydrogen-bond donors (Lipinski definition) is 1. The van der Waals surface area contributed by atoms with Gasteiger partial charge in [-0.2, -0.15) is 18.2 Å². The van der Waals surface area contributed by atoms with Gasteiger partial charge in [0.25, 0.3) is 5.60 Å². The van der Waals surface area contributed by atoms with Crippen molar-refractivity contribution >= 4 is 58.7 Å². The van der Waals surface area contributed by atoms with Crippen LogP contribution >= 0.6 is 34.8 Å². The fourth-order valence-corrected chi connectivity index (χ4v) is 4.02. The molecule has 0 saturated carbocycles. The molecular formula is C22H19Cl3F3N3O4. The Balaban J connectivity index is 2.01. The lowest BCUT2D eigenvalue weighted by Crippen LogP contribution is -2.45. The minimum Gasteiger partial charge on any atom is -0.442 e. The number of halogens is 6. The van der Waals surface area contributed by atoms with Crippen molar-refractivity contribution in [2.75, 3.05) is 5.01 Å². The third kappa shape index (κ3) is 5.76. The van der Waals surface area contributed by atoms with Crippen molar-refractivity contribution in [2.24, 2.45) is 5.16 Å². The molecule has 0 radical (unpaired) electrons. The van der Waals surface area contributed by atoms with Crippen LogP contribution < -0.4 is 10.4 Å². The highest BCUT2D eigenvalue weighted by molar-refractivity contribution is 6.35. The van der Waals surface area contributed by atoms with Gasteiger partial charge in [0, 0.05) is 27.6 Å². The maximum Gasteiger partial charge on any atom is 0.435 e. The predicted molar refractivity (Wildman–Crippen MR) is 126 cm³/mol. The van der Waals surface area contributed by atoms with E-state index in [4.69, 9.17) is 44.4 Å². The number of nitrogens with zero attached hydrogens (tertiary/aromatic N) is 2. The van der Waals surface area contributed by atoms with E-state index in [2.05, 4.69) is 10.6 Å². The Bertz CT molecular complexity index is 1160. The average molecular weight is 553 g/mol. The van der Waals surface area contributed by atoms with E-state index in [0.717, 1.165) is 17.1 Å². The molecule has 35 heavy (non-hydrogen) atoms. The molecule has 0 saturated heterocycles. The summed E-state index contributed by atoms with van der Waals surface area (Å²) in [6.07, 6.45) is -6.35. The number of carbonyl (C=O) groups is 2. The van der Waals surface area contributed by atoms with Gasteiger partial charge in [0.1, 0.15) is 5.60 Å². The van der Waals surface area contributed by atoms with Crippen molar-refractivity contribution in [3.63, 3.8) is 0 Å². The highest BCUT2D eigenvalue weighted by Gasteiger charge is 2.62. The Morgan fingerprint density at radius 1 is 1.14 bits per heavy atom. The van der Waals surface area contributed by atoms with Gasteiger partial charge in [-0.05, 0) is 51.1 Å². The minimum absolute atomic E-state index is 0.00473. The van der Waals surface area contributed by atoms with Gasteiger partial charge < -0.3 is 9.57 Å². The Labute approximate surface area is 213 Å². The van der Waals surface area contributed by atoms with E-state index >= 15 is 0 Å². The van der Waals surface area contributed by atoms with E-state index in [1.54, 1.807) is 20.8 Å². The highest BCUT2D eigenvalue weighted by Crippen LogP contribution is 2.50. The van der Waals surface area contributed by atoms with E-state index < -0.39 is 29.9 Å². The topological polar surface area (TPSA) is 80.2 Å². The van der Waals surface area contributed by atoms with Crippen LogP contribution in [0.4, 0.5) is 23.7 Å². The number of hydrazine groups is 1. The van der Waals surface area contributed by atoms with E-state index in [1.165, 1.54) is 24.3 Å². The molecule has 188 valence electrons. The fraction of sp³-hybridized carbons (Fsp3) is 0.318. The second-order valence-electron chi connectivity index (χ2n) is 8.52. The third-order valence-electron chi connectivity index (χ3n) is 4.79. The molecule has 7 nitrogen and oxygen atoms in total. The summed E-state index contributed by atoms with van der Waals surface area (Å²) in [6.45, 7) is 4.85. The number of anilines is 1. The van der Waals surface area contributed by atoms with Gasteiger partial charge in [0.05, 0.1) is 16.4 Å². The largest absolute Gasteiger partial charge is 0.442 e. The number of carbonyl (C=O) groups excluding carboxylic acids is 2. The van der Waals surface area contributed by atoms with Crippen LogP contribution in [0.25, 0.3) is 0 Å². The molecule has 2 aromatic rings. The molecule has 3 rings (SSSR count). The number of rotatable bonds is 5. The molecule has 1 atom stereocenters. The van der Waals surface area contributed by atoms with Crippen molar-refractivity contribution in [1.29, 1.82) is 0 Å². The number of benzene rings is 2. The lowest BCUT2D eigenvalue weighted by Gasteiger charge is -2.29. The van der Waals surface area contributed by atoms with Crippen molar-refractivity contribution in [3.8, 4) is 0 Å². The van der Waals surface area contributed by atoms with Crippen molar-refractivity contribution < 1.29 is 32.3 Å². The number of alkyl halides is 3. The molecule has 1 aliphatic heterocycles. The zero-order valence-electron chi connectivity index (χ0n) is 18.5. The maximum absolute atomic E-state index is 14.3. The number of oxime groups is 1. The summed E-state index contributed by atoms with van der Waals surface area (Å²) >= 11 is 18.1. The van der Waals surface area contributed by atoms with Gasteiger partial charge >= 0.3 is 12.3 Å². The normalized spacial score (nSPS) is 17.9. The van der Waals surface area contributed by atoms with Crippen LogP contribution in [0.1, 0.15) is 38.3 Å². The molecule has 13 heteroatoms. The molecule has 1 N–H and O–H groups in total. The van der Waals surface area contributed by atoms with Crippen LogP contribution in [0.3, 0.4) is 0 Å². The van der Waals surface area contributed by atoms with Gasteiger partial charge in [-0.15, -0.1) is 0 Å². The smallest absolute Gasteiger partial charge is 0.435 e. The summed E-state index contributed by atoms with van der Waals surface area (Å²) in [6, 6.07) is 7.52. The van der Waals surface area contributed by atoms with Crippen molar-refractivity contribution in [2.45, 2.75) is 44.6 Å². The molecule has 2 aromatic carbocycles. The Morgan fingerprint density at radius 3 is 2.31 bits per heavy atom. The first-order valence-corrected chi connectivity index (χ1v) is 11.1. The minimum atomic E-state index is -4.89. The van der Waals surface area contributed by atoms with Crippen molar-refractivity contribution in [1.82, 2.24) is 5.43 Å². The predicted octanol–water partition coefficient (Wildman–Crippen LogP) is 6.63. The van der Waals surface area contributed by atoms with E-state index in [-0.39, 0.29) is 44.0 Å². The molecule has 1 aliphatic rings. The molecule has 0 aromatic heterocycles. The van der Waals surface area contributed by atoms with Crippen LogP contribution in [-0.2, 0) is 20.0 Å². The second-order valence-corrected chi connectivity index (χ2v) is 9.80. The number of amides is 2. The van der Waals surface area contributed by atoms with Gasteiger partial charge in [-0.25, -0.2) is 4.79 Å².